The fraction of sp³-hybridized carbons (Fsp3) is 0.619. The summed E-state index contributed by atoms with van der Waals surface area (Å²) in [6, 6.07) is 1.41. The van der Waals surface area contributed by atoms with E-state index in [1.807, 2.05) is 12.3 Å². The Bertz CT molecular complexity index is 1130. The molecule has 4 rings (SSSR count). The number of aryl methyl sites for hydroxylation is 2. The molecule has 1 saturated heterocycles. The molecule has 0 aromatic carbocycles. The molecule has 8 nitrogen and oxygen atoms in total. The number of aromatic nitrogens is 3. The molecule has 1 aliphatic heterocycles. The molecule has 0 spiro atoms. The van der Waals surface area contributed by atoms with E-state index in [-0.39, 0.29) is 41.6 Å². The Morgan fingerprint density at radius 3 is 2.52 bits per heavy atom. The molecule has 2 aliphatic rings. The molecule has 1 amide bonds. The van der Waals surface area contributed by atoms with Crippen molar-refractivity contribution in [3.05, 3.63) is 33.2 Å². The minimum Gasteiger partial charge on any atom is -0.334 e. The van der Waals surface area contributed by atoms with Gasteiger partial charge in [-0.2, -0.15) is 5.10 Å². The number of nitrogens with zero attached hydrogens (tertiary/aromatic N) is 4. The van der Waals surface area contributed by atoms with Crippen molar-refractivity contribution in [3.63, 3.8) is 0 Å². The Kier molecular flexibility index (Phi) is 6.30. The second-order valence-corrected chi connectivity index (χ2v) is 11.7. The van der Waals surface area contributed by atoms with Crippen molar-refractivity contribution >= 4 is 27.1 Å². The molecule has 3 heterocycles. The van der Waals surface area contributed by atoms with Crippen LogP contribution in [0.4, 0.5) is 0 Å². The zero-order valence-electron chi connectivity index (χ0n) is 17.9. The Labute approximate surface area is 186 Å². The lowest BCUT2D eigenvalue weighted by molar-refractivity contribution is -0.137. The highest BCUT2D eigenvalue weighted by atomic mass is 32.2. The maximum absolute atomic E-state index is 13.4. The van der Waals surface area contributed by atoms with Crippen LogP contribution < -0.4 is 5.56 Å². The number of hydrogen-bond donors (Lipinski definition) is 0. The van der Waals surface area contributed by atoms with Crippen LogP contribution >= 0.6 is 11.3 Å². The summed E-state index contributed by atoms with van der Waals surface area (Å²) in [4.78, 5) is 32.7. The molecule has 0 bridgehead atoms. The standard InChI is InChI=1S/C21H28N4O4S2/c1-14-10-18(20-22-15(2)12-30-20)21(27)24(23-14)11-19(26)25(16-6-4-3-5-7-16)17-8-9-31(28,29)13-17/h10,12,16-17H,3-9,11,13H2,1-2H3/t17-/m1/s1. The van der Waals surface area contributed by atoms with Gasteiger partial charge in [-0.05, 0) is 39.2 Å². The molecule has 0 N–H and O–H groups in total. The lowest BCUT2D eigenvalue weighted by Crippen LogP contribution is -2.50. The third-order valence-electron chi connectivity index (χ3n) is 6.09. The van der Waals surface area contributed by atoms with Crippen molar-refractivity contribution in [1.82, 2.24) is 19.7 Å². The summed E-state index contributed by atoms with van der Waals surface area (Å²) in [5, 5.41) is 6.80. The van der Waals surface area contributed by atoms with E-state index in [1.54, 1.807) is 17.9 Å². The first-order valence-corrected chi connectivity index (χ1v) is 13.5. The van der Waals surface area contributed by atoms with Gasteiger partial charge < -0.3 is 4.90 Å². The van der Waals surface area contributed by atoms with Crippen LogP contribution in [0, 0.1) is 13.8 Å². The first kappa shape index (κ1) is 22.1. The number of carbonyl (C=O) groups is 1. The molecule has 2 aromatic rings. The van der Waals surface area contributed by atoms with E-state index in [0.29, 0.717) is 22.7 Å². The topological polar surface area (TPSA) is 102 Å². The molecule has 2 aromatic heterocycles. The highest BCUT2D eigenvalue weighted by molar-refractivity contribution is 7.91. The molecule has 31 heavy (non-hydrogen) atoms. The number of amides is 1. The number of hydrogen-bond acceptors (Lipinski definition) is 7. The first-order valence-electron chi connectivity index (χ1n) is 10.8. The summed E-state index contributed by atoms with van der Waals surface area (Å²) < 4.78 is 25.4. The molecular weight excluding hydrogens is 436 g/mol. The van der Waals surface area contributed by atoms with Gasteiger partial charge in [-0.25, -0.2) is 18.1 Å². The van der Waals surface area contributed by atoms with Gasteiger partial charge in [0.05, 0.1) is 22.8 Å². The van der Waals surface area contributed by atoms with E-state index >= 15 is 0 Å². The predicted molar refractivity (Wildman–Crippen MR) is 120 cm³/mol. The first-order chi connectivity index (χ1) is 14.7. The van der Waals surface area contributed by atoms with Crippen LogP contribution in [0.5, 0.6) is 0 Å². The maximum atomic E-state index is 13.4. The van der Waals surface area contributed by atoms with Gasteiger partial charge in [-0.3, -0.25) is 9.59 Å². The quantitative estimate of drug-likeness (QED) is 0.673. The number of rotatable bonds is 5. The Morgan fingerprint density at radius 1 is 1.16 bits per heavy atom. The minimum absolute atomic E-state index is 0.00896. The van der Waals surface area contributed by atoms with Crippen LogP contribution in [-0.4, -0.2) is 57.6 Å². The van der Waals surface area contributed by atoms with Crippen LogP contribution in [-0.2, 0) is 21.2 Å². The molecule has 1 saturated carbocycles. The van der Waals surface area contributed by atoms with Gasteiger partial charge >= 0.3 is 0 Å². The number of thiazole rings is 1. The van der Waals surface area contributed by atoms with Gasteiger partial charge in [-0.1, -0.05) is 19.3 Å². The number of sulfone groups is 1. The molecule has 10 heteroatoms. The molecule has 2 fully saturated rings. The number of carbonyl (C=O) groups excluding carboxylic acids is 1. The third-order valence-corrected chi connectivity index (χ3v) is 8.83. The average Bonchev–Trinajstić information content (AvgIpc) is 3.30. The fourth-order valence-electron chi connectivity index (χ4n) is 4.68. The van der Waals surface area contributed by atoms with Crippen LogP contribution in [0.1, 0.15) is 49.9 Å². The average molecular weight is 465 g/mol. The Hall–Kier alpha value is -2.07. The monoisotopic (exact) mass is 464 g/mol. The zero-order chi connectivity index (χ0) is 22.2. The smallest absolute Gasteiger partial charge is 0.277 e. The van der Waals surface area contributed by atoms with E-state index in [4.69, 9.17) is 0 Å². The van der Waals surface area contributed by atoms with Crippen molar-refractivity contribution in [2.75, 3.05) is 11.5 Å². The molecular formula is C21H28N4O4S2. The summed E-state index contributed by atoms with van der Waals surface area (Å²) >= 11 is 1.39. The van der Waals surface area contributed by atoms with Crippen LogP contribution in [0.3, 0.4) is 0 Å². The zero-order valence-corrected chi connectivity index (χ0v) is 19.5. The lowest BCUT2D eigenvalue weighted by Gasteiger charge is -2.38. The van der Waals surface area contributed by atoms with E-state index in [2.05, 4.69) is 10.1 Å². The van der Waals surface area contributed by atoms with Crippen LogP contribution in [0.2, 0.25) is 0 Å². The van der Waals surface area contributed by atoms with Gasteiger partial charge in [0.2, 0.25) is 5.91 Å². The van der Waals surface area contributed by atoms with Gasteiger partial charge in [0.25, 0.3) is 5.56 Å². The SMILES string of the molecule is Cc1csc(-c2cc(C)nn(CC(=O)N(C3CCCCC3)[C@@H]3CCS(=O)(=O)C3)c2=O)n1. The van der Waals surface area contributed by atoms with Crippen LogP contribution in [0.25, 0.3) is 10.6 Å². The second-order valence-electron chi connectivity index (χ2n) is 8.61. The summed E-state index contributed by atoms with van der Waals surface area (Å²) in [6.45, 7) is 3.46. The van der Waals surface area contributed by atoms with Gasteiger partial charge in [0.1, 0.15) is 11.6 Å². The normalized spacial score (nSPS) is 21.3. The summed E-state index contributed by atoms with van der Waals surface area (Å²) in [5.74, 6) is -0.102. The third kappa shape index (κ3) is 4.90. The van der Waals surface area contributed by atoms with E-state index in [9.17, 15) is 18.0 Å². The van der Waals surface area contributed by atoms with Crippen molar-refractivity contribution in [2.45, 2.75) is 71.0 Å². The van der Waals surface area contributed by atoms with E-state index < -0.39 is 9.84 Å². The van der Waals surface area contributed by atoms with E-state index in [1.165, 1.54) is 16.0 Å². The Balaban J connectivity index is 1.64. The maximum Gasteiger partial charge on any atom is 0.277 e. The summed E-state index contributed by atoms with van der Waals surface area (Å²) in [5.41, 5.74) is 1.55. The second kappa shape index (κ2) is 8.82. The van der Waals surface area contributed by atoms with Crippen molar-refractivity contribution in [3.8, 4) is 10.6 Å². The minimum atomic E-state index is -3.13. The van der Waals surface area contributed by atoms with E-state index in [0.717, 1.165) is 37.8 Å². The highest BCUT2D eigenvalue weighted by Crippen LogP contribution is 2.29. The predicted octanol–water partition coefficient (Wildman–Crippen LogP) is 2.33. The molecule has 168 valence electrons. The van der Waals surface area contributed by atoms with Gasteiger partial charge in [0.15, 0.2) is 9.84 Å². The highest BCUT2D eigenvalue weighted by Gasteiger charge is 2.38. The van der Waals surface area contributed by atoms with Gasteiger partial charge in [-0.15, -0.1) is 11.3 Å². The molecule has 1 atom stereocenters. The molecule has 0 radical (unpaired) electrons. The fourth-order valence-corrected chi connectivity index (χ4v) is 7.20. The van der Waals surface area contributed by atoms with Crippen molar-refractivity contribution < 1.29 is 13.2 Å². The van der Waals surface area contributed by atoms with Crippen molar-refractivity contribution in [2.24, 2.45) is 0 Å². The van der Waals surface area contributed by atoms with Crippen LogP contribution in [0.15, 0.2) is 16.2 Å². The molecule has 1 aliphatic carbocycles. The largest absolute Gasteiger partial charge is 0.334 e. The van der Waals surface area contributed by atoms with Gasteiger partial charge in [0, 0.05) is 23.2 Å². The molecule has 0 unspecified atom stereocenters. The Morgan fingerprint density at radius 2 is 1.90 bits per heavy atom. The summed E-state index contributed by atoms with van der Waals surface area (Å²) in [7, 11) is -3.13. The lowest BCUT2D eigenvalue weighted by atomic mass is 9.93. The summed E-state index contributed by atoms with van der Waals surface area (Å²) in [6.07, 6.45) is 5.42. The van der Waals surface area contributed by atoms with Crippen molar-refractivity contribution in [1.29, 1.82) is 0 Å².